The van der Waals surface area contributed by atoms with Crippen molar-refractivity contribution in [1.82, 2.24) is 9.80 Å². The van der Waals surface area contributed by atoms with E-state index in [0.29, 0.717) is 0 Å². The van der Waals surface area contributed by atoms with Crippen LogP contribution in [0.5, 0.6) is 0 Å². The molecule has 2 amide bonds. The molecule has 8 heteroatoms. The molecule has 0 aromatic heterocycles. The average Bonchev–Trinajstić information content (AvgIpc) is 3.44. The smallest absolute Gasteiger partial charge is 0.337 e. The van der Waals surface area contributed by atoms with E-state index in [2.05, 4.69) is 5.32 Å². The molecule has 2 heterocycles. The highest BCUT2D eigenvalue weighted by atomic mass is 16.5. The molecule has 3 aromatic carbocycles. The number of benzene rings is 3. The quantitative estimate of drug-likeness (QED) is 0.354. The molecule has 0 aliphatic carbocycles. The normalized spacial score (nSPS) is 27.9. The minimum atomic E-state index is -3.35. The van der Waals surface area contributed by atoms with Gasteiger partial charge in [-0.15, -0.1) is 0 Å². The number of likely N-dealkylation sites (N-methyl/N-ethyl adjacent to an activating group) is 2. The number of carbonyl (C=O) groups is 3. The molecule has 0 radical (unpaired) electrons. The van der Waals surface area contributed by atoms with Gasteiger partial charge in [-0.05, 0) is 54.4 Å². The zero-order valence-electron chi connectivity index (χ0n) is 37.4. The second-order valence-corrected chi connectivity index (χ2v) is 8.72. The lowest BCUT2D eigenvalue weighted by Crippen LogP contribution is -2.48. The molecule has 0 unspecified atom stereocenters. The van der Waals surface area contributed by atoms with Crippen LogP contribution >= 0.6 is 0 Å². The maximum absolute atomic E-state index is 13.7. The molecule has 0 atom stereocenters. The van der Waals surface area contributed by atoms with Gasteiger partial charge < -0.3 is 19.9 Å². The minimum absolute atomic E-state index is 0.00660. The van der Waals surface area contributed by atoms with Gasteiger partial charge in [0, 0.05) is 65.0 Å². The summed E-state index contributed by atoms with van der Waals surface area (Å²) < 4.78 is 137. The van der Waals surface area contributed by atoms with Crippen molar-refractivity contribution in [3.63, 3.8) is 0 Å². The number of ether oxygens (including phenoxy) is 1. The Bertz CT molecular complexity index is 2120. The highest BCUT2D eigenvalue weighted by molar-refractivity contribution is 6.37. The lowest BCUT2D eigenvalue weighted by atomic mass is 9.90. The molecule has 1 fully saturated rings. The molecule has 2 aliphatic heterocycles. The van der Waals surface area contributed by atoms with Gasteiger partial charge in [0.1, 0.15) is 0 Å². The van der Waals surface area contributed by atoms with Crippen LogP contribution in [0.15, 0.2) is 72.7 Å². The Labute approximate surface area is 257 Å². The van der Waals surface area contributed by atoms with Crippen molar-refractivity contribution in [2.24, 2.45) is 0 Å². The van der Waals surface area contributed by atoms with Crippen molar-refractivity contribution >= 4 is 40.3 Å². The van der Waals surface area contributed by atoms with E-state index in [0.717, 1.165) is 19.2 Å². The van der Waals surface area contributed by atoms with Gasteiger partial charge in [-0.2, -0.15) is 0 Å². The number of hydrogen-bond acceptors (Lipinski definition) is 6. The molecule has 2 aliphatic rings. The lowest BCUT2D eigenvalue weighted by Gasteiger charge is -2.32. The number of hydrogen-bond donors (Lipinski definition) is 1. The van der Waals surface area contributed by atoms with Gasteiger partial charge in [-0.1, -0.05) is 48.4 Å². The summed E-state index contributed by atoms with van der Waals surface area (Å²) in [5, 5.41) is 2.62. The van der Waals surface area contributed by atoms with Gasteiger partial charge in [0.15, 0.2) is 0 Å². The number of esters is 1. The summed E-state index contributed by atoms with van der Waals surface area (Å²) >= 11 is 0. The molecule has 0 bridgehead atoms. The molecule has 0 spiro atoms. The summed E-state index contributed by atoms with van der Waals surface area (Å²) in [7, 11) is 2.01. The van der Waals surface area contributed by atoms with Crippen LogP contribution < -0.4 is 10.2 Å². The van der Waals surface area contributed by atoms with Crippen LogP contribution in [0.25, 0.3) is 11.1 Å². The molecule has 3 aromatic rings. The topological polar surface area (TPSA) is 82.2 Å². The summed E-state index contributed by atoms with van der Waals surface area (Å²) in [6, 6.07) is 5.79. The van der Waals surface area contributed by atoms with Crippen LogP contribution in [0.1, 0.15) is 49.0 Å². The summed E-state index contributed by atoms with van der Waals surface area (Å²) in [6.07, 6.45) is -0.303. The summed E-state index contributed by atoms with van der Waals surface area (Å²) in [6.45, 7) is -17.8. The Balaban J connectivity index is 1.60. The van der Waals surface area contributed by atoms with Crippen molar-refractivity contribution in [1.29, 1.82) is 0 Å². The zero-order valence-corrected chi connectivity index (χ0v) is 21.4. The van der Waals surface area contributed by atoms with E-state index in [1.807, 2.05) is 0 Å². The van der Waals surface area contributed by atoms with Gasteiger partial charge >= 0.3 is 5.97 Å². The monoisotopic (exact) mass is 554 g/mol. The average molecular weight is 555 g/mol. The second kappa shape index (κ2) is 11.9. The number of rotatable bonds is 7. The third kappa shape index (κ3) is 5.83. The van der Waals surface area contributed by atoms with Gasteiger partial charge in [0.2, 0.25) is 5.91 Å². The first kappa shape index (κ1) is 13.9. The molecule has 40 heavy (non-hydrogen) atoms. The molecule has 1 N–H and O–H groups in total. The van der Waals surface area contributed by atoms with Crippen LogP contribution in [-0.2, 0) is 20.7 Å². The van der Waals surface area contributed by atoms with Crippen molar-refractivity contribution in [2.45, 2.75) is 6.42 Å². The van der Waals surface area contributed by atoms with Crippen LogP contribution in [0.3, 0.4) is 0 Å². The van der Waals surface area contributed by atoms with E-state index in [1.54, 1.807) is 0 Å². The van der Waals surface area contributed by atoms with E-state index in [-0.39, 0.29) is 65.9 Å². The predicted molar refractivity (Wildman–Crippen MR) is 157 cm³/mol. The molecule has 206 valence electrons. The Hall–Kier alpha value is -4.27. The number of anilines is 2. The predicted octanol–water partition coefficient (Wildman–Crippen LogP) is 3.79. The molecule has 0 saturated carbocycles. The van der Waals surface area contributed by atoms with Crippen molar-refractivity contribution in [3.8, 4) is 0 Å². The SMILES string of the molecule is [2H]c1c([2H])c([2H])c(/C(Cc2ccc(N(C(=O)CN3C([2H])([2H])C([2H])([2H])N(C)C([2H])([2H])C3([2H])[2H])C([2H])([2H])[2H])cc2)=C2/C(=O)Nc3cc(C(=O)OC)ccc32)c([2H])c1[2H]. The van der Waals surface area contributed by atoms with E-state index in [1.165, 1.54) is 37.4 Å². The third-order valence-corrected chi connectivity index (χ3v) is 6.11. The molecular formula is C32H34N4O4. The van der Waals surface area contributed by atoms with Crippen LogP contribution in [0.4, 0.5) is 11.4 Å². The third-order valence-electron chi connectivity index (χ3n) is 6.11. The second-order valence-electron chi connectivity index (χ2n) is 8.72. The number of piperazine rings is 1. The van der Waals surface area contributed by atoms with E-state index >= 15 is 0 Å². The van der Waals surface area contributed by atoms with Crippen LogP contribution in [-0.4, -0.2) is 81.2 Å². The van der Waals surface area contributed by atoms with Crippen molar-refractivity contribution in [3.05, 3.63) is 94.9 Å². The van der Waals surface area contributed by atoms with Gasteiger partial charge in [0.05, 0.1) is 31.6 Å². The number of allylic oxidation sites excluding steroid dienone is 1. The first-order valence-corrected chi connectivity index (χ1v) is 11.9. The number of methoxy groups -OCH3 is 1. The molecular weight excluding hydrogens is 504 g/mol. The van der Waals surface area contributed by atoms with E-state index in [4.69, 9.17) is 26.7 Å². The van der Waals surface area contributed by atoms with Crippen molar-refractivity contribution in [2.75, 3.05) is 63.9 Å². The minimum Gasteiger partial charge on any atom is -0.465 e. The summed E-state index contributed by atoms with van der Waals surface area (Å²) in [4.78, 5) is 40.0. The Morgan fingerprint density at radius 3 is 2.45 bits per heavy atom. The maximum Gasteiger partial charge on any atom is 0.337 e. The van der Waals surface area contributed by atoms with Crippen LogP contribution in [0, 0.1) is 0 Å². The van der Waals surface area contributed by atoms with E-state index < -0.39 is 87.5 Å². The number of amides is 2. The van der Waals surface area contributed by atoms with Crippen molar-refractivity contribution < 1.29 is 41.1 Å². The lowest BCUT2D eigenvalue weighted by molar-refractivity contribution is -0.119. The number of nitrogens with zero attached hydrogens (tertiary/aromatic N) is 3. The molecule has 8 nitrogen and oxygen atoms in total. The number of fused-ring (bicyclic) bond motifs is 1. The first-order valence-electron chi connectivity index (χ1n) is 19.9. The zero-order chi connectivity index (χ0) is 42.2. The van der Waals surface area contributed by atoms with Gasteiger partial charge in [-0.3, -0.25) is 14.5 Å². The molecule has 1 saturated heterocycles. The van der Waals surface area contributed by atoms with Gasteiger partial charge in [0.25, 0.3) is 5.91 Å². The summed E-state index contributed by atoms with van der Waals surface area (Å²) in [5.41, 5.74) is 0.0199. The van der Waals surface area contributed by atoms with Gasteiger partial charge in [-0.25, -0.2) is 4.79 Å². The maximum atomic E-state index is 13.7. The Morgan fingerprint density at radius 1 is 1.05 bits per heavy atom. The Kier molecular flexibility index (Phi) is 4.11. The van der Waals surface area contributed by atoms with E-state index in [9.17, 15) is 14.4 Å². The fourth-order valence-corrected chi connectivity index (χ4v) is 4.14. The highest BCUT2D eigenvalue weighted by Crippen LogP contribution is 2.39. The largest absolute Gasteiger partial charge is 0.465 e. The highest BCUT2D eigenvalue weighted by Gasteiger charge is 2.29. The fourth-order valence-electron chi connectivity index (χ4n) is 4.14. The van der Waals surface area contributed by atoms with Crippen LogP contribution in [0.2, 0.25) is 0 Å². The fraction of sp³-hybridized carbons (Fsp3) is 0.281. The first-order chi connectivity index (χ1) is 25.6. The summed E-state index contributed by atoms with van der Waals surface area (Å²) in [5.74, 6) is -2.86. The standard InChI is InChI=1S/C32H34N4O4/c1-34-15-17-36(18-16-34)21-29(37)35(2)25-12-9-22(10-13-25)19-27(23-7-5-4-6-8-23)30-26-14-11-24(32(39)40-3)20-28(26)33-31(30)38/h4-14,20H,15-19,21H2,1-3H3,(H,33,38)/b30-27+/i2D3,4D,5D,6D,7D,8D,15D2,16D2,17D2,18D2. The Morgan fingerprint density at radius 2 is 1.77 bits per heavy atom. The molecule has 5 rings (SSSR count). The number of carbonyl (C=O) groups excluding carboxylic acids is 3. The number of nitrogens with one attached hydrogen (secondary N) is 1.